The van der Waals surface area contributed by atoms with Crippen LogP contribution >= 0.6 is 11.6 Å². The van der Waals surface area contributed by atoms with Gasteiger partial charge in [0.1, 0.15) is 0 Å². The first-order valence-corrected chi connectivity index (χ1v) is 11.0. The molecule has 2 fully saturated rings. The first-order valence-electron chi connectivity index (χ1n) is 10.6. The molecule has 2 heterocycles. The van der Waals surface area contributed by atoms with Crippen molar-refractivity contribution in [3.63, 3.8) is 0 Å². The number of carbonyl (C=O) groups is 1. The first-order chi connectivity index (χ1) is 14.0. The summed E-state index contributed by atoms with van der Waals surface area (Å²) in [6, 6.07) is 7.78. The number of likely N-dealkylation sites (tertiary alicyclic amines) is 1. The van der Waals surface area contributed by atoms with Crippen LogP contribution in [0.15, 0.2) is 30.5 Å². The Balaban J connectivity index is 1.68. The Morgan fingerprint density at radius 1 is 1.14 bits per heavy atom. The maximum atomic E-state index is 13.2. The molecule has 29 heavy (non-hydrogen) atoms. The van der Waals surface area contributed by atoms with Crippen LogP contribution in [0.3, 0.4) is 0 Å². The summed E-state index contributed by atoms with van der Waals surface area (Å²) in [5.41, 5.74) is 2.96. The molecule has 0 bridgehead atoms. The van der Waals surface area contributed by atoms with Crippen LogP contribution in [0.25, 0.3) is 11.1 Å². The summed E-state index contributed by atoms with van der Waals surface area (Å²) in [5, 5.41) is 0.704. The van der Waals surface area contributed by atoms with Gasteiger partial charge < -0.3 is 9.80 Å². The fourth-order valence-electron chi connectivity index (χ4n) is 4.63. The summed E-state index contributed by atoms with van der Waals surface area (Å²) in [7, 11) is 3.89. The fraction of sp³-hybridized carbons (Fsp3) is 0.522. The van der Waals surface area contributed by atoms with Gasteiger partial charge in [0, 0.05) is 43.8 Å². The first kappa shape index (κ1) is 20.1. The third-order valence-electron chi connectivity index (χ3n) is 6.19. The highest BCUT2D eigenvalue weighted by atomic mass is 35.5. The van der Waals surface area contributed by atoms with Crippen LogP contribution in [0.2, 0.25) is 5.02 Å². The number of amides is 1. The van der Waals surface area contributed by atoms with E-state index in [9.17, 15) is 4.79 Å². The number of aromatic nitrogens is 2. The van der Waals surface area contributed by atoms with Crippen LogP contribution < -0.4 is 4.90 Å². The number of rotatable bonds is 5. The van der Waals surface area contributed by atoms with Crippen molar-refractivity contribution in [1.29, 1.82) is 0 Å². The van der Waals surface area contributed by atoms with Gasteiger partial charge >= 0.3 is 0 Å². The summed E-state index contributed by atoms with van der Waals surface area (Å²) in [6.07, 6.45) is 9.44. The number of halogens is 1. The largest absolute Gasteiger partial charge is 0.347 e. The fourth-order valence-corrected chi connectivity index (χ4v) is 4.76. The molecule has 6 heteroatoms. The van der Waals surface area contributed by atoms with Crippen LogP contribution in [-0.2, 0) is 4.79 Å². The molecule has 1 aromatic heterocycles. The van der Waals surface area contributed by atoms with Crippen molar-refractivity contribution in [2.24, 2.45) is 5.92 Å². The van der Waals surface area contributed by atoms with Crippen molar-refractivity contribution in [2.45, 2.75) is 51.0 Å². The Hall–Kier alpha value is -2.14. The smallest absolute Gasteiger partial charge is 0.225 e. The zero-order chi connectivity index (χ0) is 20.4. The summed E-state index contributed by atoms with van der Waals surface area (Å²) < 4.78 is 0. The standard InChI is InChI=1S/C23H29ClN4O/c1-27(2)23-25-15-19(17-9-11-18(24)12-10-17)22(26-23)20-8-5-13-28(20)21(29)14-16-6-3-4-7-16/h9-12,15-16,20H,3-8,13-14H2,1-2H3. The van der Waals surface area contributed by atoms with Crippen LogP contribution in [0.1, 0.15) is 56.7 Å². The molecule has 154 valence electrons. The minimum Gasteiger partial charge on any atom is -0.347 e. The number of carbonyl (C=O) groups excluding carboxylic acids is 1. The van der Waals surface area contributed by atoms with E-state index in [4.69, 9.17) is 16.6 Å². The molecule has 0 radical (unpaired) electrons. The molecule has 5 nitrogen and oxygen atoms in total. The third-order valence-corrected chi connectivity index (χ3v) is 6.44. The van der Waals surface area contributed by atoms with Gasteiger partial charge in [0.25, 0.3) is 0 Å². The molecule has 4 rings (SSSR count). The normalized spacial score (nSPS) is 19.7. The Labute approximate surface area is 178 Å². The molecular formula is C23H29ClN4O. The van der Waals surface area contributed by atoms with Crippen molar-refractivity contribution >= 4 is 23.5 Å². The molecular weight excluding hydrogens is 384 g/mol. The highest BCUT2D eigenvalue weighted by Crippen LogP contribution is 2.39. The summed E-state index contributed by atoms with van der Waals surface area (Å²) in [4.78, 5) is 26.6. The average molecular weight is 413 g/mol. The lowest BCUT2D eigenvalue weighted by Gasteiger charge is -2.28. The predicted molar refractivity (Wildman–Crippen MR) is 117 cm³/mol. The zero-order valence-electron chi connectivity index (χ0n) is 17.3. The highest BCUT2D eigenvalue weighted by Gasteiger charge is 2.34. The van der Waals surface area contributed by atoms with Crippen molar-refractivity contribution in [2.75, 3.05) is 25.5 Å². The van der Waals surface area contributed by atoms with Gasteiger partial charge in [-0.05, 0) is 49.3 Å². The van der Waals surface area contributed by atoms with E-state index in [1.807, 2.05) is 49.5 Å². The molecule has 0 spiro atoms. The van der Waals surface area contributed by atoms with Gasteiger partial charge in [-0.3, -0.25) is 4.79 Å². The van der Waals surface area contributed by atoms with E-state index in [0.29, 0.717) is 23.3 Å². The molecule has 1 aromatic carbocycles. The van der Waals surface area contributed by atoms with Crippen molar-refractivity contribution < 1.29 is 4.79 Å². The Kier molecular flexibility index (Phi) is 6.04. The monoisotopic (exact) mass is 412 g/mol. The minimum atomic E-state index is 0.0104. The van der Waals surface area contributed by atoms with Crippen molar-refractivity contribution in [1.82, 2.24) is 14.9 Å². The van der Waals surface area contributed by atoms with Gasteiger partial charge in [0.05, 0.1) is 11.7 Å². The van der Waals surface area contributed by atoms with Crippen LogP contribution in [-0.4, -0.2) is 41.4 Å². The molecule has 1 unspecified atom stereocenters. The predicted octanol–water partition coefficient (Wildman–Crippen LogP) is 5.11. The lowest BCUT2D eigenvalue weighted by atomic mass is 9.98. The van der Waals surface area contributed by atoms with Gasteiger partial charge in [-0.25, -0.2) is 9.97 Å². The number of hydrogen-bond donors (Lipinski definition) is 0. The van der Waals surface area contributed by atoms with Gasteiger partial charge in [0.15, 0.2) is 0 Å². The highest BCUT2D eigenvalue weighted by molar-refractivity contribution is 6.30. The summed E-state index contributed by atoms with van der Waals surface area (Å²) in [5.74, 6) is 1.52. The summed E-state index contributed by atoms with van der Waals surface area (Å²) in [6.45, 7) is 0.817. The lowest BCUT2D eigenvalue weighted by molar-refractivity contribution is -0.133. The second-order valence-corrected chi connectivity index (χ2v) is 8.91. The van der Waals surface area contributed by atoms with E-state index in [1.54, 1.807) is 0 Å². The SMILES string of the molecule is CN(C)c1ncc(-c2ccc(Cl)cc2)c(C2CCCN2C(=O)CC2CCCC2)n1. The molecule has 1 amide bonds. The summed E-state index contributed by atoms with van der Waals surface area (Å²) >= 11 is 6.09. The van der Waals surface area contributed by atoms with E-state index in [2.05, 4.69) is 9.88 Å². The van der Waals surface area contributed by atoms with Gasteiger partial charge in [-0.1, -0.05) is 36.6 Å². The van der Waals surface area contributed by atoms with E-state index in [0.717, 1.165) is 36.2 Å². The molecule has 1 aliphatic carbocycles. The number of anilines is 1. The maximum absolute atomic E-state index is 13.2. The average Bonchev–Trinajstić information content (AvgIpc) is 3.40. The van der Waals surface area contributed by atoms with Crippen LogP contribution in [0, 0.1) is 5.92 Å². The zero-order valence-corrected chi connectivity index (χ0v) is 18.0. The lowest BCUT2D eigenvalue weighted by Crippen LogP contribution is -2.32. The van der Waals surface area contributed by atoms with E-state index in [-0.39, 0.29) is 11.9 Å². The molecule has 2 aromatic rings. The maximum Gasteiger partial charge on any atom is 0.225 e. The van der Waals surface area contributed by atoms with Gasteiger partial charge in [0.2, 0.25) is 11.9 Å². The van der Waals surface area contributed by atoms with E-state index < -0.39 is 0 Å². The Bertz CT molecular complexity index is 862. The molecule has 1 saturated carbocycles. The van der Waals surface area contributed by atoms with E-state index in [1.165, 1.54) is 25.7 Å². The van der Waals surface area contributed by atoms with Gasteiger partial charge in [-0.15, -0.1) is 0 Å². The number of nitrogens with zero attached hydrogens (tertiary/aromatic N) is 4. The Morgan fingerprint density at radius 3 is 2.55 bits per heavy atom. The Morgan fingerprint density at radius 2 is 1.86 bits per heavy atom. The van der Waals surface area contributed by atoms with Gasteiger partial charge in [-0.2, -0.15) is 0 Å². The molecule has 1 atom stereocenters. The van der Waals surface area contributed by atoms with Crippen molar-refractivity contribution in [3.05, 3.63) is 41.2 Å². The van der Waals surface area contributed by atoms with Crippen LogP contribution in [0.5, 0.6) is 0 Å². The number of hydrogen-bond acceptors (Lipinski definition) is 4. The number of benzene rings is 1. The minimum absolute atomic E-state index is 0.0104. The molecule has 1 aliphatic heterocycles. The van der Waals surface area contributed by atoms with Crippen LogP contribution in [0.4, 0.5) is 5.95 Å². The topological polar surface area (TPSA) is 49.3 Å². The molecule has 1 saturated heterocycles. The van der Waals surface area contributed by atoms with E-state index >= 15 is 0 Å². The quantitative estimate of drug-likeness (QED) is 0.684. The third kappa shape index (κ3) is 4.40. The van der Waals surface area contributed by atoms with Crippen molar-refractivity contribution in [3.8, 4) is 11.1 Å². The second kappa shape index (κ2) is 8.70. The molecule has 2 aliphatic rings. The molecule has 0 N–H and O–H groups in total. The second-order valence-electron chi connectivity index (χ2n) is 8.47.